The molecule has 7 aromatic carbocycles. The van der Waals surface area contributed by atoms with Gasteiger partial charge in [0.2, 0.25) is 0 Å². The molecule has 0 fully saturated rings. The number of rotatable bonds is 6. The van der Waals surface area contributed by atoms with Gasteiger partial charge in [0.15, 0.2) is 0 Å². The van der Waals surface area contributed by atoms with E-state index in [0.29, 0.717) is 0 Å². The minimum Gasteiger partial charge on any atom is -0.310 e. The van der Waals surface area contributed by atoms with Crippen molar-refractivity contribution in [2.75, 3.05) is 9.80 Å². The molecule has 0 aliphatic heterocycles. The van der Waals surface area contributed by atoms with Crippen molar-refractivity contribution in [3.63, 3.8) is 0 Å². The fourth-order valence-electron chi connectivity index (χ4n) is 6.55. The Morgan fingerprint density at radius 2 is 0.783 bits per heavy atom. The summed E-state index contributed by atoms with van der Waals surface area (Å²) in [6.45, 7) is 0. The highest BCUT2D eigenvalue weighted by Gasteiger charge is 2.20. The Bertz CT molecular complexity index is 2440. The fourth-order valence-corrected chi connectivity index (χ4v) is 8.82. The quantitative estimate of drug-likeness (QED) is 0.182. The van der Waals surface area contributed by atoms with E-state index in [1.54, 1.807) is 0 Å². The lowest BCUT2D eigenvalue weighted by Crippen LogP contribution is -2.09. The van der Waals surface area contributed by atoms with Crippen LogP contribution in [0.2, 0.25) is 0 Å². The number of hydrogen-bond donors (Lipinski definition) is 0. The summed E-state index contributed by atoms with van der Waals surface area (Å²) in [6.07, 6.45) is 0. The molecule has 0 radical (unpaired) electrons. The second kappa shape index (κ2) is 11.2. The lowest BCUT2D eigenvalue weighted by Gasteiger charge is -2.26. The molecule has 0 saturated heterocycles. The fraction of sp³-hybridized carbons (Fsp3) is 0. The van der Waals surface area contributed by atoms with Crippen LogP contribution in [-0.4, -0.2) is 0 Å². The van der Waals surface area contributed by atoms with Crippen molar-refractivity contribution >= 4 is 97.1 Å². The van der Waals surface area contributed by atoms with E-state index >= 15 is 0 Å². The molecule has 0 amide bonds. The highest BCUT2D eigenvalue weighted by Crippen LogP contribution is 2.47. The van der Waals surface area contributed by atoms with Crippen LogP contribution >= 0.6 is 22.7 Å². The molecule has 0 bridgehead atoms. The normalized spacial score (nSPS) is 11.5. The molecule has 2 nitrogen and oxygen atoms in total. The zero-order valence-corrected chi connectivity index (χ0v) is 26.5. The van der Waals surface area contributed by atoms with Gasteiger partial charge in [0.1, 0.15) is 0 Å². The minimum atomic E-state index is 1.14. The van der Waals surface area contributed by atoms with Crippen LogP contribution in [0.15, 0.2) is 170 Å². The van der Waals surface area contributed by atoms with Gasteiger partial charge in [-0.1, -0.05) is 84.9 Å². The maximum absolute atomic E-state index is 2.42. The Morgan fingerprint density at radius 1 is 0.304 bits per heavy atom. The first-order chi connectivity index (χ1) is 22.8. The van der Waals surface area contributed by atoms with Gasteiger partial charge in [0, 0.05) is 64.1 Å². The molecule has 0 N–H and O–H groups in total. The van der Waals surface area contributed by atoms with Crippen LogP contribution < -0.4 is 9.80 Å². The van der Waals surface area contributed by atoms with Gasteiger partial charge in [-0.2, -0.15) is 0 Å². The maximum atomic E-state index is 2.42. The number of hydrogen-bond acceptors (Lipinski definition) is 4. The molecule has 0 atom stereocenters. The van der Waals surface area contributed by atoms with Crippen molar-refractivity contribution in [3.8, 4) is 0 Å². The Balaban J connectivity index is 1.24. The van der Waals surface area contributed by atoms with E-state index in [1.807, 2.05) is 22.7 Å². The van der Waals surface area contributed by atoms with E-state index in [4.69, 9.17) is 0 Å². The van der Waals surface area contributed by atoms with E-state index in [0.717, 1.165) is 28.4 Å². The monoisotopic (exact) mass is 624 g/mol. The molecule has 4 heteroatoms. The first-order valence-electron chi connectivity index (χ1n) is 15.4. The molecule has 0 aliphatic rings. The zero-order valence-electron chi connectivity index (χ0n) is 24.9. The highest BCUT2D eigenvalue weighted by molar-refractivity contribution is 7.26. The van der Waals surface area contributed by atoms with Crippen molar-refractivity contribution in [1.29, 1.82) is 0 Å². The van der Waals surface area contributed by atoms with E-state index in [2.05, 4.69) is 180 Å². The third-order valence-corrected chi connectivity index (χ3v) is 11.0. The van der Waals surface area contributed by atoms with Crippen LogP contribution in [0.4, 0.5) is 34.1 Å². The highest BCUT2D eigenvalue weighted by atomic mass is 32.1. The second-order valence-corrected chi connectivity index (χ2v) is 13.5. The van der Waals surface area contributed by atoms with Crippen molar-refractivity contribution < 1.29 is 0 Å². The Labute approximate surface area is 275 Å². The molecule has 0 spiro atoms. The van der Waals surface area contributed by atoms with Crippen LogP contribution in [0.25, 0.3) is 40.3 Å². The zero-order chi connectivity index (χ0) is 30.5. The summed E-state index contributed by atoms with van der Waals surface area (Å²) in [6, 6.07) is 61.3. The predicted molar refractivity (Wildman–Crippen MR) is 202 cm³/mol. The van der Waals surface area contributed by atoms with Crippen LogP contribution in [0, 0.1) is 0 Å². The topological polar surface area (TPSA) is 6.48 Å². The molecule has 46 heavy (non-hydrogen) atoms. The standard InChI is InChI=1S/C42H28N2S2/c1-4-13-29(14-5-1)43(30-15-6-2-7-16-30)32-23-26-41-37(27-32)35-20-12-21-38(42(35)46-41)44(31-17-8-3-9-18-31)33-24-25-40-36(28-33)34-19-10-11-22-39(34)45-40/h1-28H. The van der Waals surface area contributed by atoms with Crippen LogP contribution in [0.1, 0.15) is 0 Å². The predicted octanol–water partition coefficient (Wildman–Crippen LogP) is 13.4. The number of thiophene rings is 2. The van der Waals surface area contributed by atoms with Gasteiger partial charge in [-0.05, 0) is 84.9 Å². The average molecular weight is 625 g/mol. The molecular formula is C42H28N2S2. The van der Waals surface area contributed by atoms with E-state index < -0.39 is 0 Å². The van der Waals surface area contributed by atoms with Crippen molar-refractivity contribution in [3.05, 3.63) is 170 Å². The number of nitrogens with zero attached hydrogens (tertiary/aromatic N) is 2. The molecule has 2 aromatic heterocycles. The first-order valence-corrected chi connectivity index (χ1v) is 17.1. The largest absolute Gasteiger partial charge is 0.310 e. The Hall–Kier alpha value is -5.42. The molecule has 0 unspecified atom stereocenters. The number of para-hydroxylation sites is 3. The van der Waals surface area contributed by atoms with Gasteiger partial charge in [-0.15, -0.1) is 22.7 Å². The first kappa shape index (κ1) is 26.9. The SMILES string of the molecule is c1ccc(N(c2ccccc2)c2ccc3sc4c(N(c5ccccc5)c5ccc6sc7ccccc7c6c5)cccc4c3c2)cc1. The van der Waals surface area contributed by atoms with Gasteiger partial charge < -0.3 is 9.80 Å². The van der Waals surface area contributed by atoms with Crippen LogP contribution in [0.5, 0.6) is 0 Å². The second-order valence-electron chi connectivity index (χ2n) is 11.4. The number of anilines is 6. The van der Waals surface area contributed by atoms with Crippen molar-refractivity contribution in [2.45, 2.75) is 0 Å². The van der Waals surface area contributed by atoms with Gasteiger partial charge in [-0.25, -0.2) is 0 Å². The van der Waals surface area contributed by atoms with Gasteiger partial charge in [0.25, 0.3) is 0 Å². The third kappa shape index (κ3) is 4.54. The summed E-state index contributed by atoms with van der Waals surface area (Å²) < 4.78 is 5.19. The minimum absolute atomic E-state index is 1.14. The van der Waals surface area contributed by atoms with Gasteiger partial charge in [-0.3, -0.25) is 0 Å². The summed E-state index contributed by atoms with van der Waals surface area (Å²) >= 11 is 3.73. The van der Waals surface area contributed by atoms with Crippen molar-refractivity contribution in [1.82, 2.24) is 0 Å². The molecular weight excluding hydrogens is 597 g/mol. The summed E-state index contributed by atoms with van der Waals surface area (Å²) in [5.74, 6) is 0. The number of fused-ring (bicyclic) bond motifs is 6. The molecule has 9 aromatic rings. The van der Waals surface area contributed by atoms with E-state index in [9.17, 15) is 0 Å². The molecule has 218 valence electrons. The lowest BCUT2D eigenvalue weighted by atomic mass is 10.1. The maximum Gasteiger partial charge on any atom is 0.0640 e. The average Bonchev–Trinajstić information content (AvgIpc) is 3.68. The Kier molecular flexibility index (Phi) is 6.55. The molecule has 2 heterocycles. The molecule has 0 aliphatic carbocycles. The summed E-state index contributed by atoms with van der Waals surface area (Å²) in [5, 5.41) is 5.15. The summed E-state index contributed by atoms with van der Waals surface area (Å²) in [7, 11) is 0. The Morgan fingerprint density at radius 3 is 1.43 bits per heavy atom. The van der Waals surface area contributed by atoms with Gasteiger partial charge in [0.05, 0.1) is 10.4 Å². The van der Waals surface area contributed by atoms with Crippen LogP contribution in [0.3, 0.4) is 0 Å². The van der Waals surface area contributed by atoms with Crippen molar-refractivity contribution in [2.24, 2.45) is 0 Å². The van der Waals surface area contributed by atoms with E-state index in [1.165, 1.54) is 46.0 Å². The van der Waals surface area contributed by atoms with Crippen LogP contribution in [-0.2, 0) is 0 Å². The van der Waals surface area contributed by atoms with Gasteiger partial charge >= 0.3 is 0 Å². The summed E-state index contributed by atoms with van der Waals surface area (Å²) in [5.41, 5.74) is 6.91. The lowest BCUT2D eigenvalue weighted by molar-refractivity contribution is 1.29. The summed E-state index contributed by atoms with van der Waals surface area (Å²) in [4.78, 5) is 4.76. The smallest absolute Gasteiger partial charge is 0.0640 e. The third-order valence-electron chi connectivity index (χ3n) is 8.62. The van der Waals surface area contributed by atoms with E-state index in [-0.39, 0.29) is 0 Å². The number of benzene rings is 7. The molecule has 0 saturated carbocycles. The molecule has 9 rings (SSSR count).